The number of rotatable bonds is 8. The number of nitrogens with zero attached hydrogens (tertiary/aromatic N) is 4. The summed E-state index contributed by atoms with van der Waals surface area (Å²) in [7, 11) is 0. The highest BCUT2D eigenvalue weighted by molar-refractivity contribution is 5.92. The minimum absolute atomic E-state index is 0.473. The van der Waals surface area contributed by atoms with Gasteiger partial charge in [0.05, 0.1) is 23.2 Å². The SMILES string of the molecule is O=C(C(CF)c1ccc(-n2cccn2)cc1)C(CF)c1ccc(-n2cccn2)cc1. The van der Waals surface area contributed by atoms with Gasteiger partial charge in [-0.25, -0.2) is 18.1 Å². The molecule has 2 unspecified atom stereocenters. The number of hydrogen-bond donors (Lipinski definition) is 0. The molecule has 0 aliphatic heterocycles. The number of ketones is 1. The van der Waals surface area contributed by atoms with Crippen LogP contribution in [0.3, 0.4) is 0 Å². The van der Waals surface area contributed by atoms with E-state index in [9.17, 15) is 13.6 Å². The van der Waals surface area contributed by atoms with Gasteiger partial charge >= 0.3 is 0 Å². The number of carbonyl (C=O) groups is 1. The minimum atomic E-state index is -1.02. The minimum Gasteiger partial charge on any atom is -0.298 e. The molecule has 30 heavy (non-hydrogen) atoms. The van der Waals surface area contributed by atoms with Crippen LogP contribution < -0.4 is 0 Å². The van der Waals surface area contributed by atoms with E-state index < -0.39 is 31.0 Å². The number of hydrogen-bond acceptors (Lipinski definition) is 3. The van der Waals surface area contributed by atoms with E-state index in [1.54, 1.807) is 94.8 Å². The second kappa shape index (κ2) is 8.82. The van der Waals surface area contributed by atoms with Crippen LogP contribution in [-0.4, -0.2) is 38.7 Å². The molecule has 0 spiro atoms. The molecule has 5 nitrogen and oxygen atoms in total. The van der Waals surface area contributed by atoms with E-state index in [0.717, 1.165) is 11.4 Å². The smallest absolute Gasteiger partial charge is 0.153 e. The van der Waals surface area contributed by atoms with Crippen LogP contribution in [0.2, 0.25) is 0 Å². The van der Waals surface area contributed by atoms with Gasteiger partial charge in [0, 0.05) is 24.8 Å². The van der Waals surface area contributed by atoms with Crippen LogP contribution in [0.25, 0.3) is 11.4 Å². The van der Waals surface area contributed by atoms with Crippen molar-refractivity contribution in [3.63, 3.8) is 0 Å². The van der Waals surface area contributed by atoms with Crippen LogP contribution in [0.5, 0.6) is 0 Å². The van der Waals surface area contributed by atoms with Crippen molar-refractivity contribution in [2.45, 2.75) is 11.8 Å². The molecule has 2 aromatic carbocycles. The van der Waals surface area contributed by atoms with E-state index in [2.05, 4.69) is 10.2 Å². The lowest BCUT2D eigenvalue weighted by atomic mass is 9.85. The van der Waals surface area contributed by atoms with Gasteiger partial charge in [-0.2, -0.15) is 10.2 Å². The van der Waals surface area contributed by atoms with E-state index in [1.807, 2.05) is 0 Å². The quantitative estimate of drug-likeness (QED) is 0.435. The highest BCUT2D eigenvalue weighted by Crippen LogP contribution is 2.29. The van der Waals surface area contributed by atoms with Crippen LogP contribution in [0.4, 0.5) is 8.78 Å². The van der Waals surface area contributed by atoms with Gasteiger partial charge in [-0.15, -0.1) is 0 Å². The van der Waals surface area contributed by atoms with Crippen molar-refractivity contribution >= 4 is 5.78 Å². The molecule has 2 atom stereocenters. The fourth-order valence-electron chi connectivity index (χ4n) is 3.46. The van der Waals surface area contributed by atoms with Crippen LogP contribution in [-0.2, 0) is 4.79 Å². The standard InChI is InChI=1S/C23H20F2N4O/c24-15-21(17-3-7-19(8-4-17)28-13-1-11-26-28)23(30)22(16-25)18-5-9-20(10-6-18)29-14-2-12-27-29/h1-14,21-22H,15-16H2. The second-order valence-electron chi connectivity index (χ2n) is 6.90. The molecule has 0 aliphatic carbocycles. The summed E-state index contributed by atoms with van der Waals surface area (Å²) < 4.78 is 31.1. The lowest BCUT2D eigenvalue weighted by Gasteiger charge is -2.20. The Bertz CT molecular complexity index is 988. The zero-order valence-corrected chi connectivity index (χ0v) is 16.1. The Morgan fingerprint density at radius 3 is 1.43 bits per heavy atom. The van der Waals surface area contributed by atoms with E-state index >= 15 is 0 Å². The fourth-order valence-corrected chi connectivity index (χ4v) is 3.46. The maximum atomic E-state index is 13.9. The number of aromatic nitrogens is 4. The third-order valence-corrected chi connectivity index (χ3v) is 5.12. The molecule has 0 amide bonds. The maximum Gasteiger partial charge on any atom is 0.153 e. The molecule has 4 aromatic rings. The van der Waals surface area contributed by atoms with Crippen molar-refractivity contribution in [1.29, 1.82) is 0 Å². The molecule has 0 radical (unpaired) electrons. The zero-order chi connectivity index (χ0) is 20.9. The van der Waals surface area contributed by atoms with Gasteiger partial charge < -0.3 is 0 Å². The number of alkyl halides is 2. The van der Waals surface area contributed by atoms with Gasteiger partial charge in [0.2, 0.25) is 0 Å². The number of Topliss-reactive ketones (excluding diaryl/α,β-unsaturated/α-hetero) is 1. The molecule has 4 rings (SSSR count). The van der Waals surface area contributed by atoms with Gasteiger partial charge in [0.1, 0.15) is 13.3 Å². The van der Waals surface area contributed by atoms with Crippen molar-refractivity contribution < 1.29 is 13.6 Å². The second-order valence-corrected chi connectivity index (χ2v) is 6.90. The summed E-state index contributed by atoms with van der Waals surface area (Å²) in [6.45, 7) is -1.77. The number of carbonyl (C=O) groups excluding carboxylic acids is 1. The van der Waals surface area contributed by atoms with Crippen LogP contribution >= 0.6 is 0 Å². The lowest BCUT2D eigenvalue weighted by molar-refractivity contribution is -0.122. The van der Waals surface area contributed by atoms with Gasteiger partial charge in [-0.05, 0) is 47.5 Å². The summed E-state index contributed by atoms with van der Waals surface area (Å²) in [5, 5.41) is 8.29. The van der Waals surface area contributed by atoms with Gasteiger partial charge in [-0.1, -0.05) is 24.3 Å². The van der Waals surface area contributed by atoms with E-state index in [4.69, 9.17) is 0 Å². The normalized spacial score (nSPS) is 13.1. The average molecular weight is 406 g/mol. The molecule has 7 heteroatoms. The largest absolute Gasteiger partial charge is 0.298 e. The first-order valence-corrected chi connectivity index (χ1v) is 9.57. The Hall–Kier alpha value is -3.61. The Balaban J connectivity index is 1.55. The predicted molar refractivity (Wildman–Crippen MR) is 110 cm³/mol. The van der Waals surface area contributed by atoms with Crippen molar-refractivity contribution in [3.05, 3.63) is 96.6 Å². The summed E-state index contributed by atoms with van der Waals surface area (Å²) >= 11 is 0. The molecule has 0 N–H and O–H groups in total. The average Bonchev–Trinajstić information content (AvgIpc) is 3.50. The summed E-state index contributed by atoms with van der Waals surface area (Å²) in [4.78, 5) is 13.0. The van der Waals surface area contributed by atoms with E-state index in [1.165, 1.54) is 0 Å². The third-order valence-electron chi connectivity index (χ3n) is 5.12. The van der Waals surface area contributed by atoms with Crippen molar-refractivity contribution in [2.24, 2.45) is 0 Å². The molecule has 2 aromatic heterocycles. The molecular formula is C23H20F2N4O. The summed E-state index contributed by atoms with van der Waals surface area (Å²) in [6.07, 6.45) is 6.90. The van der Waals surface area contributed by atoms with Crippen molar-refractivity contribution in [1.82, 2.24) is 19.6 Å². The van der Waals surface area contributed by atoms with Crippen LogP contribution in [0.1, 0.15) is 23.0 Å². The number of halogens is 2. The Kier molecular flexibility index (Phi) is 5.79. The molecule has 0 bridgehead atoms. The monoisotopic (exact) mass is 406 g/mol. The lowest BCUT2D eigenvalue weighted by Crippen LogP contribution is -2.24. The molecule has 0 saturated carbocycles. The summed E-state index contributed by atoms with van der Waals surface area (Å²) in [6, 6.07) is 17.4. The summed E-state index contributed by atoms with van der Waals surface area (Å²) in [5.74, 6) is -2.52. The maximum absolute atomic E-state index is 13.9. The molecule has 0 fully saturated rings. The first-order chi connectivity index (χ1) is 14.7. The van der Waals surface area contributed by atoms with E-state index in [-0.39, 0.29) is 0 Å². The highest BCUT2D eigenvalue weighted by atomic mass is 19.1. The van der Waals surface area contributed by atoms with Crippen molar-refractivity contribution in [3.8, 4) is 11.4 Å². The third kappa shape index (κ3) is 3.91. The first kappa shape index (κ1) is 19.7. The fraction of sp³-hybridized carbons (Fsp3) is 0.174. The zero-order valence-electron chi connectivity index (χ0n) is 16.1. The Morgan fingerprint density at radius 1 is 0.733 bits per heavy atom. The molecule has 2 heterocycles. The highest BCUT2D eigenvalue weighted by Gasteiger charge is 2.29. The van der Waals surface area contributed by atoms with E-state index in [0.29, 0.717) is 11.1 Å². The molecule has 152 valence electrons. The summed E-state index contributed by atoms with van der Waals surface area (Å²) in [5.41, 5.74) is 2.63. The van der Waals surface area contributed by atoms with Crippen molar-refractivity contribution in [2.75, 3.05) is 13.3 Å². The van der Waals surface area contributed by atoms with Gasteiger partial charge in [-0.3, -0.25) is 4.79 Å². The molecule has 0 saturated heterocycles. The van der Waals surface area contributed by atoms with Crippen LogP contribution in [0, 0.1) is 0 Å². The van der Waals surface area contributed by atoms with Crippen LogP contribution in [0.15, 0.2) is 85.5 Å². The Morgan fingerprint density at radius 2 is 1.13 bits per heavy atom. The Labute approximate surface area is 172 Å². The van der Waals surface area contributed by atoms with Gasteiger partial charge in [0.15, 0.2) is 5.78 Å². The number of benzene rings is 2. The predicted octanol–water partition coefficient (Wildman–Crippen LogP) is 4.43. The molecule has 0 aliphatic rings. The molecular weight excluding hydrogens is 386 g/mol. The van der Waals surface area contributed by atoms with Gasteiger partial charge in [0.25, 0.3) is 0 Å². The first-order valence-electron chi connectivity index (χ1n) is 9.57. The topological polar surface area (TPSA) is 52.7 Å².